The van der Waals surface area contributed by atoms with E-state index in [2.05, 4.69) is 24.9 Å². The number of hydrogen-bond acceptors (Lipinski definition) is 4. The summed E-state index contributed by atoms with van der Waals surface area (Å²) in [7, 11) is 1.63. The molecule has 2 N–H and O–H groups in total. The van der Waals surface area contributed by atoms with Gasteiger partial charge in [0, 0.05) is 16.8 Å². The van der Waals surface area contributed by atoms with Gasteiger partial charge in [0.25, 0.3) is 0 Å². The molecule has 1 atom stereocenters. The number of para-hydroxylation sites is 1. The van der Waals surface area contributed by atoms with Gasteiger partial charge < -0.3 is 10.5 Å². The monoisotopic (exact) mass is 309 g/mol. The highest BCUT2D eigenvalue weighted by atomic mass is 16.5. The molecule has 0 aliphatic rings. The predicted octanol–water partition coefficient (Wildman–Crippen LogP) is 4.11. The number of anilines is 1. The Morgan fingerprint density at radius 1 is 1.35 bits per heavy atom. The first kappa shape index (κ1) is 16.8. The highest BCUT2D eigenvalue weighted by Crippen LogP contribution is 2.37. The van der Waals surface area contributed by atoms with Crippen LogP contribution >= 0.6 is 0 Å². The van der Waals surface area contributed by atoms with Gasteiger partial charge >= 0.3 is 0 Å². The third-order valence-corrected chi connectivity index (χ3v) is 4.30. The molecule has 0 saturated heterocycles. The fourth-order valence-corrected chi connectivity index (χ4v) is 2.72. The van der Waals surface area contributed by atoms with E-state index in [1.807, 2.05) is 31.2 Å². The molecular weight excluding hydrogens is 286 g/mol. The fourth-order valence-electron chi connectivity index (χ4n) is 2.72. The number of nitrogens with zero attached hydrogens (tertiary/aromatic N) is 2. The van der Waals surface area contributed by atoms with E-state index in [9.17, 15) is 5.26 Å². The minimum absolute atomic E-state index is 0.289. The number of nitrogens with two attached hydrogens (primary N) is 1. The van der Waals surface area contributed by atoms with Crippen LogP contribution in [0, 0.1) is 24.2 Å². The van der Waals surface area contributed by atoms with Gasteiger partial charge in [-0.3, -0.25) is 0 Å². The minimum atomic E-state index is 0.289. The summed E-state index contributed by atoms with van der Waals surface area (Å²) >= 11 is 0. The zero-order chi connectivity index (χ0) is 17.0. The van der Waals surface area contributed by atoms with E-state index in [1.54, 1.807) is 7.11 Å². The average molecular weight is 309 g/mol. The van der Waals surface area contributed by atoms with Gasteiger partial charge in [-0.1, -0.05) is 38.5 Å². The van der Waals surface area contributed by atoms with Gasteiger partial charge in [-0.15, -0.1) is 0 Å². The largest absolute Gasteiger partial charge is 0.496 e. The molecule has 0 radical (unpaired) electrons. The Morgan fingerprint density at radius 2 is 2.04 bits per heavy atom. The number of benzene rings is 1. The maximum atomic E-state index is 9.56. The summed E-state index contributed by atoms with van der Waals surface area (Å²) in [4.78, 5) is 4.49. The van der Waals surface area contributed by atoms with E-state index >= 15 is 0 Å². The van der Waals surface area contributed by atoms with Gasteiger partial charge in [-0.2, -0.15) is 5.26 Å². The number of nitrogen functional groups attached to an aromatic ring is 1. The topological polar surface area (TPSA) is 71.9 Å². The molecule has 1 heterocycles. The number of methoxy groups -OCH3 is 1. The first-order valence-electron chi connectivity index (χ1n) is 7.85. The summed E-state index contributed by atoms with van der Waals surface area (Å²) < 4.78 is 5.47. The molecular formula is C19H23N3O. The third kappa shape index (κ3) is 3.29. The standard InChI is InChI=1S/C19H23N3O/c1-5-12(2)10-16-13(3)18(15(11-20)19(21)22-16)14-8-6-7-9-17(14)23-4/h6-9,12H,5,10H2,1-4H3,(H2,21,22)/t12-/m0/s1. The molecule has 2 rings (SSSR count). The summed E-state index contributed by atoms with van der Waals surface area (Å²) in [5.74, 6) is 1.53. The van der Waals surface area contributed by atoms with Crippen LogP contribution in [-0.2, 0) is 6.42 Å². The maximum absolute atomic E-state index is 9.56. The zero-order valence-corrected chi connectivity index (χ0v) is 14.2. The second-order valence-electron chi connectivity index (χ2n) is 5.85. The molecule has 4 nitrogen and oxygen atoms in total. The zero-order valence-electron chi connectivity index (χ0n) is 14.2. The van der Waals surface area contributed by atoms with Crippen LogP contribution in [-0.4, -0.2) is 12.1 Å². The van der Waals surface area contributed by atoms with Crippen molar-refractivity contribution in [3.05, 3.63) is 41.1 Å². The summed E-state index contributed by atoms with van der Waals surface area (Å²) in [5.41, 5.74) is 10.2. The quantitative estimate of drug-likeness (QED) is 0.902. The van der Waals surface area contributed by atoms with Crippen LogP contribution in [0.2, 0.25) is 0 Å². The highest BCUT2D eigenvalue weighted by Gasteiger charge is 2.20. The number of pyridine rings is 1. The molecule has 23 heavy (non-hydrogen) atoms. The van der Waals surface area contributed by atoms with Crippen molar-refractivity contribution in [1.29, 1.82) is 5.26 Å². The average Bonchev–Trinajstić information content (AvgIpc) is 2.57. The van der Waals surface area contributed by atoms with Crippen LogP contribution in [0.1, 0.15) is 37.1 Å². The Balaban J connectivity index is 2.73. The lowest BCUT2D eigenvalue weighted by molar-refractivity contribution is 0.416. The number of ether oxygens (including phenoxy) is 1. The lowest BCUT2D eigenvalue weighted by atomic mass is 9.91. The normalized spacial score (nSPS) is 11.8. The van der Waals surface area contributed by atoms with E-state index in [4.69, 9.17) is 10.5 Å². The molecule has 0 amide bonds. The van der Waals surface area contributed by atoms with Crippen molar-refractivity contribution in [3.63, 3.8) is 0 Å². The minimum Gasteiger partial charge on any atom is -0.496 e. The Morgan fingerprint density at radius 3 is 2.65 bits per heavy atom. The number of aromatic nitrogens is 1. The molecule has 0 aliphatic carbocycles. The van der Waals surface area contributed by atoms with Crippen molar-refractivity contribution in [3.8, 4) is 22.9 Å². The van der Waals surface area contributed by atoms with Crippen LogP contribution in [0.5, 0.6) is 5.75 Å². The lowest BCUT2D eigenvalue weighted by Gasteiger charge is -2.18. The number of rotatable bonds is 5. The smallest absolute Gasteiger partial charge is 0.142 e. The molecule has 4 heteroatoms. The van der Waals surface area contributed by atoms with E-state index < -0.39 is 0 Å². The Hall–Kier alpha value is -2.54. The van der Waals surface area contributed by atoms with Crippen LogP contribution in [0.25, 0.3) is 11.1 Å². The SMILES string of the molecule is CC[C@H](C)Cc1nc(N)c(C#N)c(-c2ccccc2OC)c1C. The van der Waals surface area contributed by atoms with Gasteiger partial charge in [0.1, 0.15) is 23.2 Å². The molecule has 0 saturated carbocycles. The lowest BCUT2D eigenvalue weighted by Crippen LogP contribution is -2.09. The second kappa shape index (κ2) is 7.15. The van der Waals surface area contributed by atoms with Crippen molar-refractivity contribution < 1.29 is 4.74 Å². The van der Waals surface area contributed by atoms with Crippen molar-refractivity contribution in [2.24, 2.45) is 5.92 Å². The first-order chi connectivity index (χ1) is 11.0. The molecule has 1 aromatic heterocycles. The highest BCUT2D eigenvalue weighted by molar-refractivity contribution is 5.82. The number of hydrogen-bond donors (Lipinski definition) is 1. The summed E-state index contributed by atoms with van der Waals surface area (Å²) in [6.45, 7) is 6.36. The van der Waals surface area contributed by atoms with Crippen molar-refractivity contribution in [2.75, 3.05) is 12.8 Å². The van der Waals surface area contributed by atoms with Crippen LogP contribution in [0.3, 0.4) is 0 Å². The van der Waals surface area contributed by atoms with E-state index in [0.29, 0.717) is 11.5 Å². The third-order valence-electron chi connectivity index (χ3n) is 4.30. The van der Waals surface area contributed by atoms with Crippen molar-refractivity contribution in [1.82, 2.24) is 4.98 Å². The van der Waals surface area contributed by atoms with E-state index in [-0.39, 0.29) is 5.82 Å². The van der Waals surface area contributed by atoms with E-state index in [0.717, 1.165) is 41.0 Å². The fraction of sp³-hybridized carbons (Fsp3) is 0.368. The van der Waals surface area contributed by atoms with E-state index in [1.165, 1.54) is 0 Å². The molecule has 120 valence electrons. The van der Waals surface area contributed by atoms with Crippen molar-refractivity contribution in [2.45, 2.75) is 33.6 Å². The van der Waals surface area contributed by atoms with Gasteiger partial charge in [0.15, 0.2) is 0 Å². The molecule has 0 aliphatic heterocycles. The Kier molecular flexibility index (Phi) is 5.23. The van der Waals surface area contributed by atoms with Crippen molar-refractivity contribution >= 4 is 5.82 Å². The Labute approximate surface area is 137 Å². The van der Waals surface area contributed by atoms with Crippen LogP contribution < -0.4 is 10.5 Å². The maximum Gasteiger partial charge on any atom is 0.142 e. The van der Waals surface area contributed by atoms with Gasteiger partial charge in [0.05, 0.1) is 7.11 Å². The van der Waals surface area contributed by atoms with Crippen LogP contribution in [0.15, 0.2) is 24.3 Å². The van der Waals surface area contributed by atoms with Gasteiger partial charge in [0.2, 0.25) is 0 Å². The van der Waals surface area contributed by atoms with Gasteiger partial charge in [-0.25, -0.2) is 4.98 Å². The molecule has 0 unspecified atom stereocenters. The predicted molar refractivity (Wildman–Crippen MR) is 93.2 cm³/mol. The second-order valence-corrected chi connectivity index (χ2v) is 5.85. The molecule has 2 aromatic rings. The molecule has 0 fully saturated rings. The number of nitriles is 1. The summed E-state index contributed by atoms with van der Waals surface area (Å²) in [5, 5.41) is 9.56. The van der Waals surface area contributed by atoms with Gasteiger partial charge in [-0.05, 0) is 30.9 Å². The molecule has 0 spiro atoms. The van der Waals surface area contributed by atoms with Crippen LogP contribution in [0.4, 0.5) is 5.82 Å². The summed E-state index contributed by atoms with van der Waals surface area (Å²) in [6.07, 6.45) is 1.92. The summed E-state index contributed by atoms with van der Waals surface area (Å²) in [6, 6.07) is 9.89. The Bertz CT molecular complexity index is 747. The molecule has 0 bridgehead atoms. The molecule has 1 aromatic carbocycles. The first-order valence-corrected chi connectivity index (χ1v) is 7.85.